The summed E-state index contributed by atoms with van der Waals surface area (Å²) in [5, 5.41) is 2.72. The summed E-state index contributed by atoms with van der Waals surface area (Å²) in [6.07, 6.45) is 1.47. The molecule has 1 saturated heterocycles. The Labute approximate surface area is 145 Å². The van der Waals surface area contributed by atoms with Gasteiger partial charge in [-0.25, -0.2) is 4.39 Å². The average molecular weight is 364 g/mol. The second-order valence-corrected chi connectivity index (χ2v) is 5.71. The molecule has 0 radical (unpaired) electrons. The van der Waals surface area contributed by atoms with Crippen LogP contribution in [0.2, 0.25) is 5.02 Å². The van der Waals surface area contributed by atoms with E-state index in [1.165, 1.54) is 12.1 Å². The van der Waals surface area contributed by atoms with Crippen molar-refractivity contribution < 1.29 is 14.0 Å². The number of benzene rings is 1. The second kappa shape index (κ2) is 9.05. The zero-order valence-electron chi connectivity index (χ0n) is 12.6. The molecule has 0 saturated carbocycles. The number of carbonyl (C=O) groups excluding carboxylic acids is 2. The van der Waals surface area contributed by atoms with Crippen LogP contribution in [-0.2, 0) is 4.79 Å². The zero-order valence-corrected chi connectivity index (χ0v) is 14.1. The van der Waals surface area contributed by atoms with Crippen LogP contribution in [0.15, 0.2) is 18.2 Å². The Bertz CT molecular complexity index is 572. The Balaban J connectivity index is 0.00000264. The molecule has 8 heteroatoms. The van der Waals surface area contributed by atoms with Crippen molar-refractivity contribution in [2.75, 3.05) is 26.2 Å². The van der Waals surface area contributed by atoms with Crippen LogP contribution < -0.4 is 11.1 Å². The molecule has 1 unspecified atom stereocenters. The molecule has 2 amide bonds. The number of hydrogen-bond donors (Lipinski definition) is 2. The Morgan fingerprint density at radius 2 is 2.17 bits per heavy atom. The Morgan fingerprint density at radius 3 is 2.83 bits per heavy atom. The summed E-state index contributed by atoms with van der Waals surface area (Å²) in [7, 11) is 0. The molecule has 1 atom stereocenters. The van der Waals surface area contributed by atoms with Gasteiger partial charge in [-0.05, 0) is 31.0 Å². The summed E-state index contributed by atoms with van der Waals surface area (Å²) in [6.45, 7) is 1.69. The maximum Gasteiger partial charge on any atom is 0.253 e. The number of nitrogens with two attached hydrogens (primary N) is 1. The standard InChI is InChI=1S/C15H19ClFN3O2.ClH/c16-12-4-3-10(8-13(12)17)15(22)20-7-1-2-11(9-20)14(21)19-6-5-18;/h3-4,8,11H,1-2,5-7,9,18H2,(H,19,21);1H. The van der Waals surface area contributed by atoms with Crippen LogP contribution in [0.25, 0.3) is 0 Å². The minimum absolute atomic E-state index is 0. The van der Waals surface area contributed by atoms with Gasteiger partial charge >= 0.3 is 0 Å². The molecule has 1 aromatic carbocycles. The van der Waals surface area contributed by atoms with Crippen molar-refractivity contribution in [3.63, 3.8) is 0 Å². The molecule has 128 valence electrons. The minimum Gasteiger partial charge on any atom is -0.355 e. The molecule has 0 aromatic heterocycles. The maximum absolute atomic E-state index is 13.5. The summed E-state index contributed by atoms with van der Waals surface area (Å²) in [5.74, 6) is -1.25. The lowest BCUT2D eigenvalue weighted by molar-refractivity contribution is -0.126. The predicted molar refractivity (Wildman–Crippen MR) is 89.3 cm³/mol. The number of hydrogen-bond acceptors (Lipinski definition) is 3. The van der Waals surface area contributed by atoms with E-state index in [1.54, 1.807) is 4.90 Å². The summed E-state index contributed by atoms with van der Waals surface area (Å²) >= 11 is 5.62. The third-order valence-corrected chi connectivity index (χ3v) is 4.00. The van der Waals surface area contributed by atoms with E-state index in [-0.39, 0.29) is 40.7 Å². The fourth-order valence-corrected chi connectivity index (χ4v) is 2.64. The number of piperidine rings is 1. The Morgan fingerprint density at radius 1 is 1.43 bits per heavy atom. The van der Waals surface area contributed by atoms with Crippen LogP contribution >= 0.6 is 24.0 Å². The van der Waals surface area contributed by atoms with Gasteiger partial charge in [0, 0.05) is 31.7 Å². The van der Waals surface area contributed by atoms with Gasteiger partial charge < -0.3 is 16.0 Å². The Kier molecular flexibility index (Phi) is 7.75. The number of amides is 2. The molecule has 2 rings (SSSR count). The van der Waals surface area contributed by atoms with E-state index in [1.807, 2.05) is 0 Å². The highest BCUT2D eigenvalue weighted by Crippen LogP contribution is 2.21. The summed E-state index contributed by atoms with van der Waals surface area (Å²) in [4.78, 5) is 26.0. The highest BCUT2D eigenvalue weighted by molar-refractivity contribution is 6.30. The minimum atomic E-state index is -0.623. The molecule has 23 heavy (non-hydrogen) atoms. The van der Waals surface area contributed by atoms with Crippen LogP contribution in [0.5, 0.6) is 0 Å². The summed E-state index contributed by atoms with van der Waals surface area (Å²) in [5.41, 5.74) is 5.60. The highest BCUT2D eigenvalue weighted by atomic mass is 35.5. The molecule has 1 heterocycles. The number of halogens is 3. The fraction of sp³-hybridized carbons (Fsp3) is 0.467. The first-order valence-electron chi connectivity index (χ1n) is 7.25. The third-order valence-electron chi connectivity index (χ3n) is 3.69. The van der Waals surface area contributed by atoms with Crippen molar-refractivity contribution in [3.8, 4) is 0 Å². The molecular formula is C15H20Cl2FN3O2. The smallest absolute Gasteiger partial charge is 0.253 e. The number of rotatable bonds is 4. The van der Waals surface area contributed by atoms with Crippen molar-refractivity contribution in [3.05, 3.63) is 34.6 Å². The number of likely N-dealkylation sites (tertiary alicyclic amines) is 1. The van der Waals surface area contributed by atoms with E-state index in [2.05, 4.69) is 5.32 Å². The predicted octanol–water partition coefficient (Wildman–Crippen LogP) is 1.83. The van der Waals surface area contributed by atoms with Crippen LogP contribution in [0.1, 0.15) is 23.2 Å². The van der Waals surface area contributed by atoms with Gasteiger partial charge in [0.05, 0.1) is 10.9 Å². The molecule has 0 spiro atoms. The van der Waals surface area contributed by atoms with Crippen molar-refractivity contribution in [2.24, 2.45) is 11.7 Å². The van der Waals surface area contributed by atoms with Crippen LogP contribution in [0.3, 0.4) is 0 Å². The van der Waals surface area contributed by atoms with Crippen LogP contribution in [-0.4, -0.2) is 42.9 Å². The third kappa shape index (κ3) is 5.06. The monoisotopic (exact) mass is 363 g/mol. The molecule has 1 aliphatic rings. The lowest BCUT2D eigenvalue weighted by Crippen LogP contribution is -2.46. The average Bonchev–Trinajstić information content (AvgIpc) is 2.54. The van der Waals surface area contributed by atoms with Gasteiger partial charge in [-0.1, -0.05) is 11.6 Å². The quantitative estimate of drug-likeness (QED) is 0.856. The normalized spacial score (nSPS) is 17.3. The first kappa shape index (κ1) is 19.7. The summed E-state index contributed by atoms with van der Waals surface area (Å²) in [6, 6.07) is 3.98. The number of carbonyl (C=O) groups is 2. The van der Waals surface area contributed by atoms with Gasteiger partial charge in [0.2, 0.25) is 5.91 Å². The van der Waals surface area contributed by atoms with Crippen LogP contribution in [0, 0.1) is 11.7 Å². The maximum atomic E-state index is 13.5. The molecule has 1 fully saturated rings. The van der Waals surface area contributed by atoms with Crippen molar-refractivity contribution in [1.29, 1.82) is 0 Å². The van der Waals surface area contributed by atoms with Crippen molar-refractivity contribution in [2.45, 2.75) is 12.8 Å². The molecular weight excluding hydrogens is 344 g/mol. The van der Waals surface area contributed by atoms with E-state index in [9.17, 15) is 14.0 Å². The molecule has 0 aliphatic carbocycles. The lowest BCUT2D eigenvalue weighted by atomic mass is 9.96. The first-order chi connectivity index (χ1) is 10.5. The van der Waals surface area contributed by atoms with Crippen molar-refractivity contribution >= 4 is 35.8 Å². The SMILES string of the molecule is Cl.NCCNC(=O)C1CCCN(C(=O)c2ccc(Cl)c(F)c2)C1. The molecule has 1 aromatic rings. The fourth-order valence-electron chi connectivity index (χ4n) is 2.53. The highest BCUT2D eigenvalue weighted by Gasteiger charge is 2.28. The van der Waals surface area contributed by atoms with Gasteiger partial charge in [-0.15, -0.1) is 12.4 Å². The first-order valence-corrected chi connectivity index (χ1v) is 7.63. The van der Waals surface area contributed by atoms with Gasteiger partial charge in [0.25, 0.3) is 5.91 Å². The largest absolute Gasteiger partial charge is 0.355 e. The number of nitrogens with zero attached hydrogens (tertiary/aromatic N) is 1. The second-order valence-electron chi connectivity index (χ2n) is 5.30. The van der Waals surface area contributed by atoms with Gasteiger partial charge in [0.1, 0.15) is 5.82 Å². The van der Waals surface area contributed by atoms with E-state index in [4.69, 9.17) is 17.3 Å². The van der Waals surface area contributed by atoms with E-state index >= 15 is 0 Å². The van der Waals surface area contributed by atoms with E-state index < -0.39 is 5.82 Å². The van der Waals surface area contributed by atoms with Gasteiger partial charge in [-0.3, -0.25) is 9.59 Å². The molecule has 0 bridgehead atoms. The number of nitrogens with one attached hydrogen (secondary N) is 1. The van der Waals surface area contributed by atoms with Gasteiger partial charge in [0.15, 0.2) is 0 Å². The van der Waals surface area contributed by atoms with E-state index in [0.29, 0.717) is 26.2 Å². The lowest BCUT2D eigenvalue weighted by Gasteiger charge is -2.32. The summed E-state index contributed by atoms with van der Waals surface area (Å²) < 4.78 is 13.5. The topological polar surface area (TPSA) is 75.4 Å². The van der Waals surface area contributed by atoms with Crippen LogP contribution in [0.4, 0.5) is 4.39 Å². The van der Waals surface area contributed by atoms with Crippen molar-refractivity contribution in [1.82, 2.24) is 10.2 Å². The van der Waals surface area contributed by atoms with Gasteiger partial charge in [-0.2, -0.15) is 0 Å². The zero-order chi connectivity index (χ0) is 16.1. The molecule has 3 N–H and O–H groups in total. The molecule has 1 aliphatic heterocycles. The molecule has 5 nitrogen and oxygen atoms in total. The Hall–Kier alpha value is -1.37. The van der Waals surface area contributed by atoms with E-state index in [0.717, 1.165) is 18.9 Å².